The molecule has 0 aliphatic carbocycles. The van der Waals surface area contributed by atoms with E-state index in [2.05, 4.69) is 20.8 Å². The van der Waals surface area contributed by atoms with E-state index in [1.165, 1.54) is 24.3 Å². The highest BCUT2D eigenvalue weighted by molar-refractivity contribution is 8.01. The Morgan fingerprint density at radius 2 is 1.78 bits per heavy atom. The highest BCUT2D eigenvalue weighted by Crippen LogP contribution is 2.24. The summed E-state index contributed by atoms with van der Waals surface area (Å²) < 4.78 is 24.1. The lowest BCUT2D eigenvalue weighted by Gasteiger charge is -2.17. The van der Waals surface area contributed by atoms with Crippen LogP contribution >= 0.6 is 11.8 Å². The molecule has 3 nitrogen and oxygen atoms in total. The zero-order valence-electron chi connectivity index (χ0n) is 10.8. The Morgan fingerprint density at radius 1 is 1.22 bits per heavy atom. The van der Waals surface area contributed by atoms with Crippen LogP contribution in [0, 0.1) is 11.3 Å². The summed E-state index contributed by atoms with van der Waals surface area (Å²) in [4.78, 5) is 0.288. The fraction of sp³-hybridized carbons (Fsp3) is 0.462. The van der Waals surface area contributed by atoms with Gasteiger partial charge in [-0.2, -0.15) is 17.0 Å². The van der Waals surface area contributed by atoms with E-state index in [1.54, 1.807) is 11.8 Å². The van der Waals surface area contributed by atoms with Crippen LogP contribution in [0.5, 0.6) is 0 Å². The monoisotopic (exact) mass is 283 g/mol. The second-order valence-electron chi connectivity index (χ2n) is 4.92. The summed E-state index contributed by atoms with van der Waals surface area (Å²) in [5, 5.41) is 8.66. The van der Waals surface area contributed by atoms with E-state index < -0.39 is 9.84 Å². The van der Waals surface area contributed by atoms with Crippen LogP contribution in [0.2, 0.25) is 0 Å². The molecule has 0 N–H and O–H groups in total. The van der Waals surface area contributed by atoms with Crippen molar-refractivity contribution >= 4 is 21.6 Å². The van der Waals surface area contributed by atoms with Gasteiger partial charge in [-0.25, -0.2) is 8.42 Å². The maximum absolute atomic E-state index is 12.0. The Balaban J connectivity index is 2.72. The molecule has 0 aromatic heterocycles. The Labute approximate surface area is 113 Å². The van der Waals surface area contributed by atoms with E-state index >= 15 is 0 Å². The normalized spacial score (nSPS) is 12.1. The van der Waals surface area contributed by atoms with Crippen LogP contribution in [0.25, 0.3) is 0 Å². The number of rotatable bonds is 4. The first-order valence-electron chi connectivity index (χ1n) is 5.61. The summed E-state index contributed by atoms with van der Waals surface area (Å²) >= 11 is 1.63. The van der Waals surface area contributed by atoms with Crippen LogP contribution in [0.3, 0.4) is 0 Å². The van der Waals surface area contributed by atoms with Gasteiger partial charge in [-0.1, -0.05) is 20.8 Å². The zero-order chi connectivity index (χ0) is 13.8. The Morgan fingerprint density at radius 3 is 2.22 bits per heavy atom. The molecule has 1 rings (SSSR count). The van der Waals surface area contributed by atoms with Crippen molar-refractivity contribution in [3.05, 3.63) is 29.8 Å². The van der Waals surface area contributed by atoms with Crippen LogP contribution in [0.1, 0.15) is 26.3 Å². The molecule has 0 aliphatic heterocycles. The van der Waals surface area contributed by atoms with Crippen molar-refractivity contribution in [2.45, 2.75) is 30.4 Å². The minimum absolute atomic E-state index is 0.0696. The second-order valence-corrected chi connectivity index (χ2v) is 8.95. The molecule has 0 spiro atoms. The topological polar surface area (TPSA) is 57.9 Å². The summed E-state index contributed by atoms with van der Waals surface area (Å²) in [6.45, 7) is 6.18. The maximum atomic E-state index is 12.0. The predicted octanol–water partition coefficient (Wildman–Crippen LogP) is 2.86. The average Bonchev–Trinajstić information content (AvgIpc) is 2.27. The van der Waals surface area contributed by atoms with E-state index in [1.807, 2.05) is 6.07 Å². The summed E-state index contributed by atoms with van der Waals surface area (Å²) in [5.74, 6) is 0.701. The Hall–Kier alpha value is -0.990. The standard InChI is InChI=1S/C13H17NO2S2/c1-13(2,3)17-8-9-18(15,16)12-6-4-11(10-14)5-7-12/h4-7H,8-9H2,1-3H3. The number of hydrogen-bond donors (Lipinski definition) is 0. The molecule has 98 valence electrons. The number of nitriles is 1. The van der Waals surface area contributed by atoms with Crippen molar-refractivity contribution < 1.29 is 8.42 Å². The molecule has 0 heterocycles. The third-order valence-electron chi connectivity index (χ3n) is 2.23. The number of sulfone groups is 1. The third-order valence-corrected chi connectivity index (χ3v) is 5.49. The van der Waals surface area contributed by atoms with Crippen molar-refractivity contribution in [2.24, 2.45) is 0 Å². The summed E-state index contributed by atoms with van der Waals surface area (Å²) in [5.41, 5.74) is 0.470. The number of hydrogen-bond acceptors (Lipinski definition) is 4. The molecule has 0 fully saturated rings. The molecular weight excluding hydrogens is 266 g/mol. The lowest BCUT2D eigenvalue weighted by Crippen LogP contribution is -2.14. The first kappa shape index (κ1) is 15.1. The van der Waals surface area contributed by atoms with E-state index in [0.29, 0.717) is 11.3 Å². The van der Waals surface area contributed by atoms with Crippen LogP contribution in [-0.2, 0) is 9.84 Å². The average molecular weight is 283 g/mol. The first-order chi connectivity index (χ1) is 8.24. The minimum Gasteiger partial charge on any atom is -0.224 e. The molecule has 0 saturated heterocycles. The van der Waals surface area contributed by atoms with Crippen molar-refractivity contribution in [3.63, 3.8) is 0 Å². The van der Waals surface area contributed by atoms with Crippen molar-refractivity contribution in [1.29, 1.82) is 5.26 Å². The molecule has 5 heteroatoms. The predicted molar refractivity (Wildman–Crippen MR) is 75.4 cm³/mol. The van der Waals surface area contributed by atoms with Crippen LogP contribution in [0.15, 0.2) is 29.2 Å². The van der Waals surface area contributed by atoms with Crippen LogP contribution < -0.4 is 0 Å². The molecule has 18 heavy (non-hydrogen) atoms. The smallest absolute Gasteiger partial charge is 0.179 e. The second kappa shape index (κ2) is 5.77. The van der Waals surface area contributed by atoms with Gasteiger partial charge in [0.1, 0.15) is 0 Å². The largest absolute Gasteiger partial charge is 0.224 e. The number of thioether (sulfide) groups is 1. The van der Waals surface area contributed by atoms with Crippen molar-refractivity contribution in [3.8, 4) is 6.07 Å². The molecule has 0 aliphatic rings. The van der Waals surface area contributed by atoms with Gasteiger partial charge < -0.3 is 0 Å². The van der Waals surface area contributed by atoms with Gasteiger partial charge in [-0.3, -0.25) is 0 Å². The van der Waals surface area contributed by atoms with E-state index in [-0.39, 0.29) is 15.4 Å². The number of nitrogens with zero attached hydrogens (tertiary/aromatic N) is 1. The third kappa shape index (κ3) is 4.71. The van der Waals surface area contributed by atoms with Gasteiger partial charge in [-0.15, -0.1) is 0 Å². The molecule has 1 aromatic carbocycles. The molecule has 0 bridgehead atoms. The van der Waals surface area contributed by atoms with Crippen LogP contribution in [0.4, 0.5) is 0 Å². The molecule has 0 unspecified atom stereocenters. The quantitative estimate of drug-likeness (QED) is 0.852. The van der Waals surface area contributed by atoms with Gasteiger partial charge in [-0.05, 0) is 24.3 Å². The number of benzene rings is 1. The van der Waals surface area contributed by atoms with Gasteiger partial charge in [0.25, 0.3) is 0 Å². The van der Waals surface area contributed by atoms with E-state index in [9.17, 15) is 8.42 Å². The summed E-state index contributed by atoms with van der Waals surface area (Å²) in [6.07, 6.45) is 0. The van der Waals surface area contributed by atoms with Gasteiger partial charge in [0.2, 0.25) is 0 Å². The van der Waals surface area contributed by atoms with E-state index in [4.69, 9.17) is 5.26 Å². The summed E-state index contributed by atoms with van der Waals surface area (Å²) in [6, 6.07) is 8.02. The van der Waals surface area contributed by atoms with Crippen molar-refractivity contribution in [1.82, 2.24) is 0 Å². The zero-order valence-corrected chi connectivity index (χ0v) is 12.4. The maximum Gasteiger partial charge on any atom is 0.179 e. The highest BCUT2D eigenvalue weighted by atomic mass is 32.2. The fourth-order valence-corrected chi connectivity index (χ4v) is 3.92. The molecule has 0 amide bonds. The summed E-state index contributed by atoms with van der Waals surface area (Å²) in [7, 11) is -3.24. The van der Waals surface area contributed by atoms with Gasteiger partial charge >= 0.3 is 0 Å². The van der Waals surface area contributed by atoms with Gasteiger partial charge in [0, 0.05) is 10.5 Å². The van der Waals surface area contributed by atoms with Gasteiger partial charge in [0.15, 0.2) is 9.84 Å². The fourth-order valence-electron chi connectivity index (χ4n) is 1.31. The lowest BCUT2D eigenvalue weighted by atomic mass is 10.2. The van der Waals surface area contributed by atoms with Gasteiger partial charge in [0.05, 0.1) is 22.3 Å². The lowest BCUT2D eigenvalue weighted by molar-refractivity contribution is 0.597. The molecular formula is C13H17NO2S2. The van der Waals surface area contributed by atoms with Crippen LogP contribution in [-0.4, -0.2) is 24.7 Å². The van der Waals surface area contributed by atoms with Crippen molar-refractivity contribution in [2.75, 3.05) is 11.5 Å². The Kier molecular flexibility index (Phi) is 4.83. The van der Waals surface area contributed by atoms with E-state index in [0.717, 1.165) is 0 Å². The minimum atomic E-state index is -3.24. The highest BCUT2D eigenvalue weighted by Gasteiger charge is 2.17. The molecule has 1 aromatic rings. The molecule has 0 saturated carbocycles. The first-order valence-corrected chi connectivity index (χ1v) is 8.25. The SMILES string of the molecule is CC(C)(C)SCCS(=O)(=O)c1ccc(C#N)cc1. The molecule has 0 radical (unpaired) electrons. The Bertz CT molecular complexity index is 534. The molecule has 0 atom stereocenters.